The number of esters is 2. The van der Waals surface area contributed by atoms with Gasteiger partial charge < -0.3 is 9.47 Å². The number of hydrogen-bond acceptors (Lipinski definition) is 5. The Labute approximate surface area is 147 Å². The van der Waals surface area contributed by atoms with E-state index < -0.39 is 11.9 Å². The van der Waals surface area contributed by atoms with Crippen LogP contribution >= 0.6 is 0 Å². The second-order valence-corrected chi connectivity index (χ2v) is 5.12. The van der Waals surface area contributed by atoms with E-state index in [2.05, 4.69) is 0 Å². The van der Waals surface area contributed by atoms with E-state index in [-0.39, 0.29) is 41.2 Å². The van der Waals surface area contributed by atoms with Gasteiger partial charge in [-0.15, -0.1) is 0 Å². The molecule has 0 amide bonds. The molecule has 2 rings (SSSR count). The average molecular weight is 336 g/mol. The van der Waals surface area contributed by atoms with Gasteiger partial charge in [-0.2, -0.15) is 0 Å². The molecule has 2 aromatic carbocycles. The molecule has 6 heteroatoms. The Bertz CT molecular complexity index is 799. The summed E-state index contributed by atoms with van der Waals surface area (Å²) in [5.41, 5.74) is 0.541. The van der Waals surface area contributed by atoms with Gasteiger partial charge in [-0.25, -0.2) is 9.59 Å². The molecular formula is C19H17BO5. The third-order valence-corrected chi connectivity index (χ3v) is 3.46. The smallest absolute Gasteiger partial charge is 0.338 e. The topological polar surface area (TPSA) is 69.7 Å². The molecule has 2 radical (unpaired) electrons. The molecule has 0 aliphatic carbocycles. The molecule has 5 nitrogen and oxygen atoms in total. The summed E-state index contributed by atoms with van der Waals surface area (Å²) < 4.78 is 9.94. The highest BCUT2D eigenvalue weighted by Crippen LogP contribution is 2.17. The van der Waals surface area contributed by atoms with Crippen LogP contribution in [0.25, 0.3) is 0 Å². The molecule has 0 fully saturated rings. The minimum absolute atomic E-state index is 0.0204. The number of ketones is 1. The van der Waals surface area contributed by atoms with Crippen LogP contribution in [0.3, 0.4) is 0 Å². The average Bonchev–Trinajstić information content (AvgIpc) is 2.61. The highest BCUT2D eigenvalue weighted by molar-refractivity contribution is 6.37. The van der Waals surface area contributed by atoms with Gasteiger partial charge in [-0.05, 0) is 19.9 Å². The normalized spacial score (nSPS) is 10.2. The van der Waals surface area contributed by atoms with Gasteiger partial charge in [0.05, 0.1) is 24.3 Å². The first-order chi connectivity index (χ1) is 12.0. The van der Waals surface area contributed by atoms with Crippen molar-refractivity contribution in [1.82, 2.24) is 0 Å². The molecule has 0 saturated carbocycles. The summed E-state index contributed by atoms with van der Waals surface area (Å²) in [5.74, 6) is -1.75. The molecule has 0 heterocycles. The molecule has 0 aliphatic heterocycles. The molecule has 0 bridgehead atoms. The van der Waals surface area contributed by atoms with Crippen molar-refractivity contribution in [3.63, 3.8) is 0 Å². The van der Waals surface area contributed by atoms with E-state index in [4.69, 9.17) is 17.3 Å². The summed E-state index contributed by atoms with van der Waals surface area (Å²) >= 11 is 0. The fourth-order valence-electron chi connectivity index (χ4n) is 2.31. The van der Waals surface area contributed by atoms with E-state index in [1.807, 2.05) is 0 Å². The minimum atomic E-state index is -0.702. The van der Waals surface area contributed by atoms with Crippen LogP contribution in [-0.2, 0) is 9.47 Å². The van der Waals surface area contributed by atoms with Crippen LogP contribution in [0.5, 0.6) is 0 Å². The van der Waals surface area contributed by atoms with E-state index >= 15 is 0 Å². The molecule has 0 N–H and O–H groups in total. The van der Waals surface area contributed by atoms with Crippen molar-refractivity contribution in [2.75, 3.05) is 13.2 Å². The molecular weight excluding hydrogens is 319 g/mol. The SMILES string of the molecule is [B]c1cc(C(=O)c2ccccc2)c(C(=O)OCC)cc1C(=O)OCC. The van der Waals surface area contributed by atoms with Crippen LogP contribution in [0, 0.1) is 0 Å². The Balaban J connectivity index is 2.58. The standard InChI is InChI=1S/C19H17BO5/c1-3-24-18(22)14-10-15(19(23)25-4-2)16(20)11-13(14)17(21)12-8-6-5-7-9-12/h5-11H,3-4H2,1-2H3. The first-order valence-electron chi connectivity index (χ1n) is 7.87. The lowest BCUT2D eigenvalue weighted by molar-refractivity contribution is 0.0523. The number of benzene rings is 2. The zero-order chi connectivity index (χ0) is 18.4. The van der Waals surface area contributed by atoms with Crippen molar-refractivity contribution in [3.8, 4) is 0 Å². The molecule has 0 aromatic heterocycles. The first kappa shape index (κ1) is 18.5. The van der Waals surface area contributed by atoms with Gasteiger partial charge in [0.25, 0.3) is 0 Å². The lowest BCUT2D eigenvalue weighted by Gasteiger charge is -2.13. The number of carbonyl (C=O) groups excluding carboxylic acids is 3. The van der Waals surface area contributed by atoms with Crippen LogP contribution in [0.1, 0.15) is 50.5 Å². The zero-order valence-electron chi connectivity index (χ0n) is 14.1. The van der Waals surface area contributed by atoms with Crippen molar-refractivity contribution in [1.29, 1.82) is 0 Å². The van der Waals surface area contributed by atoms with Crippen LogP contribution in [-0.4, -0.2) is 38.8 Å². The maximum Gasteiger partial charge on any atom is 0.338 e. The lowest BCUT2D eigenvalue weighted by atomic mass is 9.84. The van der Waals surface area contributed by atoms with E-state index in [0.717, 1.165) is 0 Å². The Morgan fingerprint density at radius 1 is 0.840 bits per heavy atom. The van der Waals surface area contributed by atoms with Gasteiger partial charge in [0.1, 0.15) is 7.85 Å². The monoisotopic (exact) mass is 336 g/mol. The Morgan fingerprint density at radius 2 is 1.40 bits per heavy atom. The van der Waals surface area contributed by atoms with Crippen molar-refractivity contribution in [3.05, 3.63) is 64.7 Å². The van der Waals surface area contributed by atoms with Crippen LogP contribution in [0.4, 0.5) is 0 Å². The lowest BCUT2D eigenvalue weighted by Crippen LogP contribution is -2.23. The number of rotatable bonds is 6. The highest BCUT2D eigenvalue weighted by Gasteiger charge is 2.23. The van der Waals surface area contributed by atoms with Gasteiger partial charge in [0.15, 0.2) is 5.78 Å². The summed E-state index contributed by atoms with van der Waals surface area (Å²) in [7, 11) is 5.91. The van der Waals surface area contributed by atoms with Crippen LogP contribution < -0.4 is 5.46 Å². The Hall–Kier alpha value is -2.89. The van der Waals surface area contributed by atoms with Gasteiger partial charge in [-0.1, -0.05) is 41.9 Å². The predicted octanol–water partition coefficient (Wildman–Crippen LogP) is 2.06. The van der Waals surface area contributed by atoms with Crippen LogP contribution in [0.15, 0.2) is 42.5 Å². The molecule has 0 unspecified atom stereocenters. The van der Waals surface area contributed by atoms with E-state index in [0.29, 0.717) is 5.56 Å². The van der Waals surface area contributed by atoms with Crippen LogP contribution in [0.2, 0.25) is 0 Å². The predicted molar refractivity (Wildman–Crippen MR) is 93.6 cm³/mol. The second kappa shape index (κ2) is 8.28. The summed E-state index contributed by atoms with van der Waals surface area (Å²) in [6, 6.07) is 11.0. The van der Waals surface area contributed by atoms with Gasteiger partial charge >= 0.3 is 11.9 Å². The maximum atomic E-state index is 12.8. The zero-order valence-corrected chi connectivity index (χ0v) is 14.1. The van der Waals surface area contributed by atoms with E-state index in [1.165, 1.54) is 12.1 Å². The summed E-state index contributed by atoms with van der Waals surface area (Å²) in [6.07, 6.45) is 0. The minimum Gasteiger partial charge on any atom is -0.462 e. The number of hydrogen-bond donors (Lipinski definition) is 0. The molecule has 0 atom stereocenters. The van der Waals surface area contributed by atoms with Gasteiger partial charge in [0.2, 0.25) is 0 Å². The summed E-state index contributed by atoms with van der Waals surface area (Å²) in [4.78, 5) is 37.0. The van der Waals surface area contributed by atoms with Gasteiger partial charge in [0, 0.05) is 11.1 Å². The van der Waals surface area contributed by atoms with Gasteiger partial charge in [-0.3, -0.25) is 4.79 Å². The highest BCUT2D eigenvalue weighted by atomic mass is 16.5. The van der Waals surface area contributed by atoms with Crippen molar-refractivity contribution in [2.24, 2.45) is 0 Å². The first-order valence-corrected chi connectivity index (χ1v) is 7.87. The van der Waals surface area contributed by atoms with Crippen molar-refractivity contribution < 1.29 is 23.9 Å². The Kier molecular flexibility index (Phi) is 6.11. The third-order valence-electron chi connectivity index (χ3n) is 3.46. The molecule has 2 aromatic rings. The van der Waals surface area contributed by atoms with Crippen molar-refractivity contribution >= 4 is 31.0 Å². The fourth-order valence-corrected chi connectivity index (χ4v) is 2.31. The summed E-state index contributed by atoms with van der Waals surface area (Å²) in [6.45, 7) is 3.61. The fraction of sp³-hybridized carbons (Fsp3) is 0.211. The second-order valence-electron chi connectivity index (χ2n) is 5.12. The van der Waals surface area contributed by atoms with E-state index in [1.54, 1.807) is 44.2 Å². The molecule has 25 heavy (non-hydrogen) atoms. The molecule has 126 valence electrons. The largest absolute Gasteiger partial charge is 0.462 e. The summed E-state index contributed by atoms with van der Waals surface area (Å²) in [5, 5.41) is 0. The van der Waals surface area contributed by atoms with Crippen molar-refractivity contribution in [2.45, 2.75) is 13.8 Å². The molecule has 0 spiro atoms. The third kappa shape index (κ3) is 4.15. The number of ether oxygens (including phenoxy) is 2. The Morgan fingerprint density at radius 3 is 1.96 bits per heavy atom. The molecule has 0 saturated heterocycles. The maximum absolute atomic E-state index is 12.8. The quantitative estimate of drug-likeness (QED) is 0.459. The number of carbonyl (C=O) groups is 3. The van der Waals surface area contributed by atoms with E-state index in [9.17, 15) is 14.4 Å². The molecule has 0 aliphatic rings.